The molecule has 0 radical (unpaired) electrons. The summed E-state index contributed by atoms with van der Waals surface area (Å²) in [6, 6.07) is 30.4. The highest BCUT2D eigenvalue weighted by Gasteiger charge is 2.26. The second-order valence-electron chi connectivity index (χ2n) is 7.29. The number of ether oxygens (including phenoxy) is 1. The first-order valence-electron chi connectivity index (χ1n) is 9.90. The predicted octanol–water partition coefficient (Wildman–Crippen LogP) is 6.41. The van der Waals surface area contributed by atoms with Crippen molar-refractivity contribution in [3.8, 4) is 0 Å². The molecule has 3 nitrogen and oxygen atoms in total. The van der Waals surface area contributed by atoms with Gasteiger partial charge in [-0.3, -0.25) is 0 Å². The lowest BCUT2D eigenvalue weighted by Gasteiger charge is -2.24. The van der Waals surface area contributed by atoms with Crippen molar-refractivity contribution in [2.45, 2.75) is 19.4 Å². The molecule has 1 heterocycles. The summed E-state index contributed by atoms with van der Waals surface area (Å²) in [6.45, 7) is 0.237. The molecule has 0 saturated heterocycles. The lowest BCUT2D eigenvalue weighted by molar-refractivity contribution is 0.150. The number of carbonyl (C=O) groups excluding carboxylic acids is 1. The average Bonchev–Trinajstić information content (AvgIpc) is 2.94. The number of rotatable bonds is 2. The van der Waals surface area contributed by atoms with E-state index in [1.54, 1.807) is 4.90 Å². The smallest absolute Gasteiger partial charge is 0.419 e. The zero-order valence-electron chi connectivity index (χ0n) is 16.0. The number of aryl methyl sites for hydroxylation is 2. The highest BCUT2D eigenvalue weighted by atomic mass is 16.6. The van der Waals surface area contributed by atoms with Gasteiger partial charge in [0.15, 0.2) is 0 Å². The van der Waals surface area contributed by atoms with E-state index in [1.165, 1.54) is 0 Å². The summed E-state index contributed by atoms with van der Waals surface area (Å²) in [7, 11) is 0. The quantitative estimate of drug-likeness (QED) is 0.402. The maximum atomic E-state index is 13.3. The van der Waals surface area contributed by atoms with Crippen molar-refractivity contribution >= 4 is 28.2 Å². The van der Waals surface area contributed by atoms with Crippen LogP contribution in [0.15, 0.2) is 91.0 Å². The highest BCUT2D eigenvalue weighted by molar-refractivity contribution is 5.98. The molecular weight excluding hydrogens is 358 g/mol. The van der Waals surface area contributed by atoms with Gasteiger partial charge in [0, 0.05) is 0 Å². The molecule has 0 bridgehead atoms. The fourth-order valence-corrected chi connectivity index (χ4v) is 4.10. The molecule has 1 aliphatic rings. The number of fused-ring (bicyclic) bond motifs is 3. The van der Waals surface area contributed by atoms with Gasteiger partial charge >= 0.3 is 6.09 Å². The number of hydrogen-bond donors (Lipinski definition) is 0. The first-order chi connectivity index (χ1) is 14.3. The van der Waals surface area contributed by atoms with Crippen LogP contribution < -0.4 is 4.90 Å². The van der Waals surface area contributed by atoms with Gasteiger partial charge in [-0.15, -0.1) is 0 Å². The maximum Gasteiger partial charge on any atom is 0.419 e. The molecule has 1 aliphatic heterocycles. The molecule has 0 saturated carbocycles. The van der Waals surface area contributed by atoms with E-state index < -0.39 is 0 Å². The average molecular weight is 379 g/mol. The van der Waals surface area contributed by atoms with Crippen LogP contribution in [0.3, 0.4) is 0 Å². The fraction of sp³-hybridized carbons (Fsp3) is 0.115. The highest BCUT2D eigenvalue weighted by Crippen LogP contribution is 2.36. The van der Waals surface area contributed by atoms with E-state index in [-0.39, 0.29) is 12.7 Å². The van der Waals surface area contributed by atoms with Crippen LogP contribution in [0.2, 0.25) is 0 Å². The maximum absolute atomic E-state index is 13.3. The molecule has 3 heteroatoms. The molecule has 29 heavy (non-hydrogen) atoms. The van der Waals surface area contributed by atoms with Crippen LogP contribution in [-0.2, 0) is 24.2 Å². The number of benzene rings is 4. The first kappa shape index (κ1) is 17.5. The second-order valence-corrected chi connectivity index (χ2v) is 7.29. The number of anilines is 2. The molecule has 0 unspecified atom stereocenters. The molecule has 4 aromatic rings. The molecule has 4 aromatic carbocycles. The van der Waals surface area contributed by atoms with Crippen LogP contribution in [0, 0.1) is 0 Å². The minimum absolute atomic E-state index is 0.237. The Kier molecular flexibility index (Phi) is 4.49. The summed E-state index contributed by atoms with van der Waals surface area (Å²) in [4.78, 5) is 15.0. The predicted molar refractivity (Wildman–Crippen MR) is 117 cm³/mol. The Morgan fingerprint density at radius 1 is 0.724 bits per heavy atom. The van der Waals surface area contributed by atoms with Gasteiger partial charge < -0.3 is 4.74 Å². The Morgan fingerprint density at radius 2 is 1.31 bits per heavy atom. The van der Waals surface area contributed by atoms with Gasteiger partial charge in [0.1, 0.15) is 6.61 Å². The van der Waals surface area contributed by atoms with Gasteiger partial charge in [0.2, 0.25) is 0 Å². The molecule has 0 atom stereocenters. The summed E-state index contributed by atoms with van der Waals surface area (Å²) >= 11 is 0. The van der Waals surface area contributed by atoms with E-state index in [1.807, 2.05) is 60.7 Å². The fourth-order valence-electron chi connectivity index (χ4n) is 4.10. The Labute approximate surface area is 170 Å². The van der Waals surface area contributed by atoms with Crippen LogP contribution in [-0.4, -0.2) is 6.09 Å². The summed E-state index contributed by atoms with van der Waals surface area (Å²) in [6.07, 6.45) is 1.46. The standard InChI is InChI=1S/C26H21NO2/c28-26(29-18-22-12-7-11-19-8-1-4-13-23(19)22)27-24-14-5-2-9-20(24)16-17-21-10-3-6-15-25(21)27/h1-15H,16-18H2. The molecule has 5 rings (SSSR count). The zero-order chi connectivity index (χ0) is 19.6. The van der Waals surface area contributed by atoms with Crippen molar-refractivity contribution in [1.82, 2.24) is 0 Å². The van der Waals surface area contributed by atoms with E-state index in [9.17, 15) is 4.79 Å². The number of carbonyl (C=O) groups is 1. The van der Waals surface area contributed by atoms with Crippen molar-refractivity contribution in [1.29, 1.82) is 0 Å². The second kappa shape index (κ2) is 7.44. The molecule has 0 N–H and O–H groups in total. The largest absolute Gasteiger partial charge is 0.444 e. The van der Waals surface area contributed by atoms with Gasteiger partial charge in [-0.2, -0.15) is 0 Å². The van der Waals surface area contributed by atoms with Crippen LogP contribution in [0.4, 0.5) is 16.2 Å². The Bertz CT molecular complexity index is 1150. The Balaban J connectivity index is 1.49. The van der Waals surface area contributed by atoms with Crippen molar-refractivity contribution in [2.24, 2.45) is 0 Å². The lowest BCUT2D eigenvalue weighted by Crippen LogP contribution is -2.27. The van der Waals surface area contributed by atoms with Gasteiger partial charge in [-0.05, 0) is 52.4 Å². The molecule has 142 valence electrons. The Morgan fingerprint density at radius 3 is 2.03 bits per heavy atom. The van der Waals surface area contributed by atoms with Crippen molar-refractivity contribution < 1.29 is 9.53 Å². The normalized spacial score (nSPS) is 12.8. The van der Waals surface area contributed by atoms with Crippen LogP contribution in [0.5, 0.6) is 0 Å². The zero-order valence-corrected chi connectivity index (χ0v) is 16.0. The van der Waals surface area contributed by atoms with E-state index >= 15 is 0 Å². The minimum atomic E-state index is -0.347. The Hall–Kier alpha value is -3.59. The summed E-state index contributed by atoms with van der Waals surface area (Å²) in [5, 5.41) is 2.26. The third-order valence-electron chi connectivity index (χ3n) is 5.54. The molecule has 0 fully saturated rings. The number of hydrogen-bond acceptors (Lipinski definition) is 2. The van der Waals surface area contributed by atoms with Gasteiger partial charge in [-0.1, -0.05) is 78.9 Å². The lowest BCUT2D eigenvalue weighted by atomic mass is 10.0. The molecule has 0 spiro atoms. The van der Waals surface area contributed by atoms with Crippen molar-refractivity contribution in [2.75, 3.05) is 4.90 Å². The molecule has 0 aliphatic carbocycles. The third kappa shape index (κ3) is 3.25. The van der Waals surface area contributed by atoms with Crippen LogP contribution in [0.1, 0.15) is 16.7 Å². The van der Waals surface area contributed by atoms with Gasteiger partial charge in [0.05, 0.1) is 11.4 Å². The SMILES string of the molecule is O=C(OCc1cccc2ccccc12)N1c2ccccc2CCc2ccccc21. The van der Waals surface area contributed by atoms with E-state index in [2.05, 4.69) is 30.3 Å². The first-order valence-corrected chi connectivity index (χ1v) is 9.90. The van der Waals surface area contributed by atoms with E-state index in [0.29, 0.717) is 0 Å². The summed E-state index contributed by atoms with van der Waals surface area (Å²) in [5.74, 6) is 0. The molecule has 0 aromatic heterocycles. The molecule has 1 amide bonds. The van der Waals surface area contributed by atoms with Crippen molar-refractivity contribution in [3.63, 3.8) is 0 Å². The van der Waals surface area contributed by atoms with Crippen molar-refractivity contribution in [3.05, 3.63) is 108 Å². The third-order valence-corrected chi connectivity index (χ3v) is 5.54. The molecular formula is C26H21NO2. The summed E-state index contributed by atoms with van der Waals surface area (Å²) in [5.41, 5.74) is 5.13. The van der Waals surface area contributed by atoms with Gasteiger partial charge in [0.25, 0.3) is 0 Å². The van der Waals surface area contributed by atoms with E-state index in [0.717, 1.165) is 51.7 Å². The van der Waals surface area contributed by atoms with Gasteiger partial charge in [-0.25, -0.2) is 9.69 Å². The van der Waals surface area contributed by atoms with Crippen LogP contribution in [0.25, 0.3) is 10.8 Å². The van der Waals surface area contributed by atoms with Crippen LogP contribution >= 0.6 is 0 Å². The minimum Gasteiger partial charge on any atom is -0.444 e. The monoisotopic (exact) mass is 379 g/mol. The topological polar surface area (TPSA) is 29.5 Å². The number of para-hydroxylation sites is 2. The summed E-state index contributed by atoms with van der Waals surface area (Å²) < 4.78 is 5.83. The number of amides is 1. The number of nitrogens with zero attached hydrogens (tertiary/aromatic N) is 1. The van der Waals surface area contributed by atoms with E-state index in [4.69, 9.17) is 4.74 Å².